The lowest BCUT2D eigenvalue weighted by Gasteiger charge is -2.32. The minimum Gasteiger partial charge on any atom is -0.497 e. The number of nitrogens with one attached hydrogen (secondary N) is 1. The summed E-state index contributed by atoms with van der Waals surface area (Å²) in [5.41, 5.74) is 2.02. The predicted molar refractivity (Wildman–Crippen MR) is 140 cm³/mol. The zero-order chi connectivity index (χ0) is 24.3. The smallest absolute Gasteiger partial charge is 0.243 e. The molecule has 3 rings (SSSR count). The quantitative estimate of drug-likeness (QED) is 0.419. The fraction of sp³-hybridized carbons (Fsp3) is 0.481. The third-order valence-corrected chi connectivity index (χ3v) is 7.43. The summed E-state index contributed by atoms with van der Waals surface area (Å²) in [7, 11) is 1.63. The maximum Gasteiger partial charge on any atom is 0.243 e. The topological polar surface area (TPSA) is 58.6 Å². The van der Waals surface area contributed by atoms with Gasteiger partial charge in [0, 0.05) is 23.4 Å². The third-order valence-electron chi connectivity index (χ3n) is 6.21. The first-order valence-corrected chi connectivity index (χ1v) is 13.6. The first kappa shape index (κ1) is 26.4. The largest absolute Gasteiger partial charge is 0.497 e. The lowest BCUT2D eigenvalue weighted by Crippen LogP contribution is -2.52. The number of halogens is 1. The number of thioether (sulfide) groups is 1. The van der Waals surface area contributed by atoms with Gasteiger partial charge in [-0.25, -0.2) is 0 Å². The van der Waals surface area contributed by atoms with E-state index in [0.29, 0.717) is 29.5 Å². The Morgan fingerprint density at radius 2 is 1.85 bits per heavy atom. The summed E-state index contributed by atoms with van der Waals surface area (Å²) in [6.45, 7) is 2.33. The number of carbonyl (C=O) groups excluding carboxylic acids is 2. The third kappa shape index (κ3) is 7.95. The highest BCUT2D eigenvalue weighted by Crippen LogP contribution is 2.22. The van der Waals surface area contributed by atoms with Crippen LogP contribution in [0.25, 0.3) is 0 Å². The van der Waals surface area contributed by atoms with Gasteiger partial charge in [0.2, 0.25) is 11.8 Å². The zero-order valence-corrected chi connectivity index (χ0v) is 21.7. The Kier molecular flexibility index (Phi) is 10.6. The predicted octanol–water partition coefficient (Wildman–Crippen LogP) is 5.84. The molecule has 1 N–H and O–H groups in total. The van der Waals surface area contributed by atoms with Crippen molar-refractivity contribution in [2.24, 2.45) is 0 Å². The average Bonchev–Trinajstić information content (AvgIpc) is 2.84. The van der Waals surface area contributed by atoms with Crippen LogP contribution in [-0.4, -0.2) is 41.7 Å². The van der Waals surface area contributed by atoms with E-state index in [1.165, 1.54) is 18.2 Å². The van der Waals surface area contributed by atoms with Crippen LogP contribution in [0.2, 0.25) is 5.02 Å². The lowest BCUT2D eigenvalue weighted by molar-refractivity contribution is -0.139. The van der Waals surface area contributed by atoms with Gasteiger partial charge in [0.05, 0.1) is 12.9 Å². The SMILES string of the molecule is CC[C@@H](C(=O)NC1CCCCC1)N(Cc1cccc(OC)c1)C(=O)CSCc1cccc(Cl)c1. The summed E-state index contributed by atoms with van der Waals surface area (Å²) < 4.78 is 5.36. The summed E-state index contributed by atoms with van der Waals surface area (Å²) in [5.74, 6) is 1.62. The number of carbonyl (C=O) groups is 2. The summed E-state index contributed by atoms with van der Waals surface area (Å²) >= 11 is 7.63. The number of rotatable bonds is 11. The number of amides is 2. The maximum absolute atomic E-state index is 13.4. The van der Waals surface area contributed by atoms with Crippen molar-refractivity contribution in [2.45, 2.75) is 69.8 Å². The fourth-order valence-corrected chi connectivity index (χ4v) is 5.47. The Hall–Kier alpha value is -2.18. The van der Waals surface area contributed by atoms with E-state index in [2.05, 4.69) is 5.32 Å². The van der Waals surface area contributed by atoms with Gasteiger partial charge in [0.25, 0.3) is 0 Å². The summed E-state index contributed by atoms with van der Waals surface area (Å²) in [6, 6.07) is 15.1. The fourth-order valence-electron chi connectivity index (χ4n) is 4.40. The summed E-state index contributed by atoms with van der Waals surface area (Å²) in [5, 5.41) is 3.91. The van der Waals surface area contributed by atoms with Crippen LogP contribution in [0, 0.1) is 0 Å². The second-order valence-corrected chi connectivity index (χ2v) is 10.2. The molecule has 7 heteroatoms. The van der Waals surface area contributed by atoms with Gasteiger partial charge in [-0.05, 0) is 54.7 Å². The van der Waals surface area contributed by atoms with E-state index in [1.807, 2.05) is 55.5 Å². The van der Waals surface area contributed by atoms with Crippen LogP contribution in [-0.2, 0) is 21.9 Å². The first-order chi connectivity index (χ1) is 16.5. The van der Waals surface area contributed by atoms with Crippen LogP contribution in [0.4, 0.5) is 0 Å². The van der Waals surface area contributed by atoms with Crippen LogP contribution in [0.3, 0.4) is 0 Å². The molecular formula is C27H35ClN2O3S. The molecule has 1 atom stereocenters. The Labute approximate surface area is 212 Å². The van der Waals surface area contributed by atoms with Gasteiger partial charge in [-0.15, -0.1) is 11.8 Å². The minimum atomic E-state index is -0.507. The number of hydrogen-bond acceptors (Lipinski definition) is 4. The summed E-state index contributed by atoms with van der Waals surface area (Å²) in [6.07, 6.45) is 6.12. The molecule has 0 saturated heterocycles. The average molecular weight is 503 g/mol. The Morgan fingerprint density at radius 3 is 2.56 bits per heavy atom. The van der Waals surface area contributed by atoms with E-state index in [9.17, 15) is 9.59 Å². The van der Waals surface area contributed by atoms with Crippen molar-refractivity contribution < 1.29 is 14.3 Å². The Morgan fingerprint density at radius 1 is 1.12 bits per heavy atom. The molecule has 184 valence electrons. The highest BCUT2D eigenvalue weighted by atomic mass is 35.5. The molecular weight excluding hydrogens is 468 g/mol. The highest BCUT2D eigenvalue weighted by Gasteiger charge is 2.30. The highest BCUT2D eigenvalue weighted by molar-refractivity contribution is 7.99. The molecule has 0 bridgehead atoms. The molecule has 0 spiro atoms. The molecule has 0 radical (unpaired) electrons. The van der Waals surface area contributed by atoms with Crippen molar-refractivity contribution in [3.63, 3.8) is 0 Å². The maximum atomic E-state index is 13.4. The van der Waals surface area contributed by atoms with Gasteiger partial charge < -0.3 is 15.0 Å². The molecule has 2 aromatic carbocycles. The second kappa shape index (κ2) is 13.6. The molecule has 2 aromatic rings. The number of methoxy groups -OCH3 is 1. The van der Waals surface area contributed by atoms with Crippen molar-refractivity contribution >= 4 is 35.2 Å². The number of hydrogen-bond donors (Lipinski definition) is 1. The molecule has 0 unspecified atom stereocenters. The molecule has 2 amide bonds. The van der Waals surface area contributed by atoms with E-state index in [4.69, 9.17) is 16.3 Å². The van der Waals surface area contributed by atoms with Crippen molar-refractivity contribution in [2.75, 3.05) is 12.9 Å². The van der Waals surface area contributed by atoms with Gasteiger partial charge in [-0.1, -0.05) is 62.1 Å². The monoisotopic (exact) mass is 502 g/mol. The normalized spacial score (nSPS) is 14.9. The molecule has 34 heavy (non-hydrogen) atoms. The van der Waals surface area contributed by atoms with Crippen molar-refractivity contribution in [1.29, 1.82) is 0 Å². The van der Waals surface area contributed by atoms with Crippen molar-refractivity contribution in [3.05, 3.63) is 64.7 Å². The second-order valence-electron chi connectivity index (χ2n) is 8.76. The van der Waals surface area contributed by atoms with Gasteiger partial charge in [-0.3, -0.25) is 9.59 Å². The number of benzene rings is 2. The molecule has 1 aliphatic carbocycles. The first-order valence-electron chi connectivity index (χ1n) is 12.0. The molecule has 1 saturated carbocycles. The van der Waals surface area contributed by atoms with Crippen LogP contribution >= 0.6 is 23.4 Å². The Balaban J connectivity index is 1.72. The Bertz CT molecular complexity index is 949. The van der Waals surface area contributed by atoms with Crippen molar-refractivity contribution in [3.8, 4) is 5.75 Å². The van der Waals surface area contributed by atoms with E-state index in [-0.39, 0.29) is 17.9 Å². The number of ether oxygens (including phenoxy) is 1. The van der Waals surface area contributed by atoms with Crippen LogP contribution in [0.5, 0.6) is 5.75 Å². The van der Waals surface area contributed by atoms with Crippen LogP contribution < -0.4 is 10.1 Å². The van der Waals surface area contributed by atoms with Crippen LogP contribution in [0.1, 0.15) is 56.6 Å². The van der Waals surface area contributed by atoms with Gasteiger partial charge in [-0.2, -0.15) is 0 Å². The van der Waals surface area contributed by atoms with E-state index < -0.39 is 6.04 Å². The number of nitrogens with zero attached hydrogens (tertiary/aromatic N) is 1. The minimum absolute atomic E-state index is 0.0412. The molecule has 0 aliphatic heterocycles. The standard InChI is InChI=1S/C27H35ClN2O3S/c1-3-25(27(32)29-23-12-5-4-6-13-23)30(17-20-9-8-14-24(16-20)33-2)26(31)19-34-18-21-10-7-11-22(28)15-21/h7-11,14-16,23,25H,3-6,12-13,17-19H2,1-2H3,(H,29,32)/t25-/m0/s1. The summed E-state index contributed by atoms with van der Waals surface area (Å²) in [4.78, 5) is 28.4. The van der Waals surface area contributed by atoms with Crippen molar-refractivity contribution in [1.82, 2.24) is 10.2 Å². The lowest BCUT2D eigenvalue weighted by atomic mass is 9.95. The van der Waals surface area contributed by atoms with E-state index >= 15 is 0 Å². The van der Waals surface area contributed by atoms with Gasteiger partial charge in [0.1, 0.15) is 11.8 Å². The molecule has 0 heterocycles. The van der Waals surface area contributed by atoms with Gasteiger partial charge >= 0.3 is 0 Å². The zero-order valence-electron chi connectivity index (χ0n) is 20.1. The van der Waals surface area contributed by atoms with E-state index in [1.54, 1.807) is 12.0 Å². The molecule has 1 aliphatic rings. The molecule has 5 nitrogen and oxygen atoms in total. The molecule has 0 aromatic heterocycles. The molecule has 1 fully saturated rings. The van der Waals surface area contributed by atoms with Crippen LogP contribution in [0.15, 0.2) is 48.5 Å². The van der Waals surface area contributed by atoms with E-state index in [0.717, 1.165) is 42.6 Å². The van der Waals surface area contributed by atoms with Gasteiger partial charge in [0.15, 0.2) is 0 Å².